The van der Waals surface area contributed by atoms with Crippen LogP contribution in [0.2, 0.25) is 0 Å². The summed E-state index contributed by atoms with van der Waals surface area (Å²) >= 11 is 0. The Kier molecular flexibility index (Phi) is 4.62. The minimum atomic E-state index is -0.746. The fourth-order valence-electron chi connectivity index (χ4n) is 2.71. The maximum atomic E-state index is 11.3. The molecule has 0 heterocycles. The molecular weight excluding hydrogens is 226 g/mol. The van der Waals surface area contributed by atoms with Crippen molar-refractivity contribution in [2.75, 3.05) is 5.32 Å². The first kappa shape index (κ1) is 12.9. The second-order valence-electron chi connectivity index (χ2n) is 5.14. The molecule has 0 aromatic heterocycles. The van der Waals surface area contributed by atoms with E-state index >= 15 is 0 Å². The number of carboxylic acids is 1. The minimum absolute atomic E-state index is 0.463. The summed E-state index contributed by atoms with van der Waals surface area (Å²) < 4.78 is 0. The summed E-state index contributed by atoms with van der Waals surface area (Å²) in [4.78, 5) is 11.3. The number of para-hydroxylation sites is 1. The molecule has 1 aliphatic rings. The van der Waals surface area contributed by atoms with Crippen LogP contribution in [0.4, 0.5) is 5.69 Å². The quantitative estimate of drug-likeness (QED) is 0.837. The molecule has 1 aromatic rings. The number of rotatable bonds is 5. The topological polar surface area (TPSA) is 49.3 Å². The number of hydrogen-bond donors (Lipinski definition) is 2. The fraction of sp³-hybridized carbons (Fsp3) is 0.533. The lowest BCUT2D eigenvalue weighted by Crippen LogP contribution is -2.32. The van der Waals surface area contributed by atoms with Gasteiger partial charge < -0.3 is 10.4 Å². The van der Waals surface area contributed by atoms with E-state index in [0.717, 1.165) is 12.1 Å². The lowest BCUT2D eigenvalue weighted by atomic mass is 9.85. The van der Waals surface area contributed by atoms with Crippen LogP contribution in [0.3, 0.4) is 0 Å². The highest BCUT2D eigenvalue weighted by molar-refractivity contribution is 5.77. The first-order valence-electron chi connectivity index (χ1n) is 6.80. The molecule has 3 heteroatoms. The van der Waals surface area contributed by atoms with E-state index in [1.54, 1.807) is 0 Å². The van der Waals surface area contributed by atoms with Gasteiger partial charge in [0.1, 0.15) is 6.04 Å². The van der Waals surface area contributed by atoms with Gasteiger partial charge >= 0.3 is 5.97 Å². The van der Waals surface area contributed by atoms with E-state index in [1.165, 1.54) is 32.1 Å². The van der Waals surface area contributed by atoms with Crippen molar-refractivity contribution in [2.45, 2.75) is 44.6 Å². The molecule has 0 bridgehead atoms. The van der Waals surface area contributed by atoms with E-state index in [0.29, 0.717) is 5.92 Å². The standard InChI is InChI=1S/C15H21NO2/c17-15(18)14(11-12-7-3-1-4-8-12)16-13-9-5-2-6-10-13/h2,5-6,9-10,12,14,16H,1,3-4,7-8,11H2,(H,17,18). The zero-order valence-electron chi connectivity index (χ0n) is 10.6. The van der Waals surface area contributed by atoms with Gasteiger partial charge in [-0.1, -0.05) is 50.3 Å². The van der Waals surface area contributed by atoms with E-state index in [9.17, 15) is 9.90 Å². The third kappa shape index (κ3) is 3.76. The molecule has 1 aliphatic carbocycles. The van der Waals surface area contributed by atoms with E-state index in [2.05, 4.69) is 5.32 Å². The van der Waals surface area contributed by atoms with Gasteiger partial charge in [-0.25, -0.2) is 4.79 Å². The smallest absolute Gasteiger partial charge is 0.326 e. The summed E-state index contributed by atoms with van der Waals surface area (Å²) in [5, 5.41) is 12.4. The van der Waals surface area contributed by atoms with Gasteiger partial charge in [0.2, 0.25) is 0 Å². The number of carboxylic acid groups (broad SMARTS) is 1. The summed E-state index contributed by atoms with van der Waals surface area (Å²) in [7, 11) is 0. The number of aliphatic carboxylic acids is 1. The molecule has 2 N–H and O–H groups in total. The minimum Gasteiger partial charge on any atom is -0.480 e. The van der Waals surface area contributed by atoms with Crippen LogP contribution in [-0.4, -0.2) is 17.1 Å². The zero-order chi connectivity index (χ0) is 12.8. The van der Waals surface area contributed by atoms with Crippen LogP contribution in [-0.2, 0) is 4.79 Å². The molecule has 3 nitrogen and oxygen atoms in total. The molecule has 1 aromatic carbocycles. The van der Waals surface area contributed by atoms with Crippen molar-refractivity contribution < 1.29 is 9.90 Å². The number of benzene rings is 1. The summed E-state index contributed by atoms with van der Waals surface area (Å²) in [6.07, 6.45) is 6.91. The summed E-state index contributed by atoms with van der Waals surface area (Å²) in [5.74, 6) is -0.180. The van der Waals surface area contributed by atoms with E-state index in [4.69, 9.17) is 0 Å². The highest BCUT2D eigenvalue weighted by Crippen LogP contribution is 2.28. The van der Waals surface area contributed by atoms with Gasteiger partial charge in [0, 0.05) is 5.69 Å². The molecule has 1 fully saturated rings. The molecule has 2 rings (SSSR count). The molecule has 1 unspecified atom stereocenters. The second-order valence-corrected chi connectivity index (χ2v) is 5.14. The van der Waals surface area contributed by atoms with Crippen molar-refractivity contribution in [3.8, 4) is 0 Å². The molecule has 0 amide bonds. The van der Waals surface area contributed by atoms with E-state index in [-0.39, 0.29) is 0 Å². The van der Waals surface area contributed by atoms with Crippen molar-refractivity contribution in [3.05, 3.63) is 30.3 Å². The molecule has 0 aliphatic heterocycles. The Labute approximate surface area is 108 Å². The Bertz CT molecular complexity index is 371. The monoisotopic (exact) mass is 247 g/mol. The zero-order valence-corrected chi connectivity index (χ0v) is 10.6. The largest absolute Gasteiger partial charge is 0.480 e. The van der Waals surface area contributed by atoms with Crippen molar-refractivity contribution in [2.24, 2.45) is 5.92 Å². The predicted octanol–water partition coefficient (Wildman–Crippen LogP) is 3.52. The van der Waals surface area contributed by atoms with Crippen LogP contribution in [0.5, 0.6) is 0 Å². The van der Waals surface area contributed by atoms with Gasteiger partial charge in [-0.2, -0.15) is 0 Å². The lowest BCUT2D eigenvalue weighted by Gasteiger charge is -2.25. The Morgan fingerprint density at radius 2 is 1.89 bits per heavy atom. The van der Waals surface area contributed by atoms with Gasteiger partial charge in [0.15, 0.2) is 0 Å². The van der Waals surface area contributed by atoms with Crippen LogP contribution < -0.4 is 5.32 Å². The second kappa shape index (κ2) is 6.43. The molecule has 1 saturated carbocycles. The number of anilines is 1. The van der Waals surface area contributed by atoms with Gasteiger partial charge in [0.05, 0.1) is 0 Å². The third-order valence-electron chi connectivity index (χ3n) is 3.71. The lowest BCUT2D eigenvalue weighted by molar-refractivity contribution is -0.138. The molecule has 0 spiro atoms. The highest BCUT2D eigenvalue weighted by atomic mass is 16.4. The molecule has 18 heavy (non-hydrogen) atoms. The Morgan fingerprint density at radius 3 is 2.50 bits per heavy atom. The highest BCUT2D eigenvalue weighted by Gasteiger charge is 2.23. The maximum absolute atomic E-state index is 11.3. The average molecular weight is 247 g/mol. The van der Waals surface area contributed by atoms with Gasteiger partial charge in [-0.05, 0) is 24.5 Å². The Hall–Kier alpha value is -1.51. The third-order valence-corrected chi connectivity index (χ3v) is 3.71. The van der Waals surface area contributed by atoms with Gasteiger partial charge in [0.25, 0.3) is 0 Å². The average Bonchev–Trinajstić information content (AvgIpc) is 2.40. The van der Waals surface area contributed by atoms with E-state index < -0.39 is 12.0 Å². The molecule has 1 atom stereocenters. The Balaban J connectivity index is 1.93. The number of hydrogen-bond acceptors (Lipinski definition) is 2. The molecular formula is C15H21NO2. The summed E-state index contributed by atoms with van der Waals surface area (Å²) in [6.45, 7) is 0. The molecule has 0 radical (unpaired) electrons. The normalized spacial score (nSPS) is 18.2. The van der Waals surface area contributed by atoms with Crippen molar-refractivity contribution in [3.63, 3.8) is 0 Å². The summed E-state index contributed by atoms with van der Waals surface area (Å²) in [5.41, 5.74) is 0.890. The maximum Gasteiger partial charge on any atom is 0.326 e. The SMILES string of the molecule is O=C(O)C(CC1CCCCC1)Nc1ccccc1. The van der Waals surface area contributed by atoms with Crippen molar-refractivity contribution in [1.82, 2.24) is 0 Å². The van der Waals surface area contributed by atoms with Crippen LogP contribution in [0, 0.1) is 5.92 Å². The Morgan fingerprint density at radius 1 is 1.22 bits per heavy atom. The van der Waals surface area contributed by atoms with Gasteiger partial charge in [-0.3, -0.25) is 0 Å². The van der Waals surface area contributed by atoms with Crippen LogP contribution in [0.15, 0.2) is 30.3 Å². The predicted molar refractivity (Wildman–Crippen MR) is 72.7 cm³/mol. The van der Waals surface area contributed by atoms with Crippen molar-refractivity contribution >= 4 is 11.7 Å². The summed E-state index contributed by atoms with van der Waals surface area (Å²) in [6, 6.07) is 9.13. The van der Waals surface area contributed by atoms with Gasteiger partial charge in [-0.15, -0.1) is 0 Å². The number of nitrogens with one attached hydrogen (secondary N) is 1. The first-order chi connectivity index (χ1) is 8.75. The van der Waals surface area contributed by atoms with E-state index in [1.807, 2.05) is 30.3 Å². The first-order valence-corrected chi connectivity index (χ1v) is 6.80. The number of carbonyl (C=O) groups is 1. The van der Waals surface area contributed by atoms with Crippen LogP contribution in [0.1, 0.15) is 38.5 Å². The van der Waals surface area contributed by atoms with Crippen molar-refractivity contribution in [1.29, 1.82) is 0 Å². The fourth-order valence-corrected chi connectivity index (χ4v) is 2.71. The van der Waals surface area contributed by atoms with Crippen LogP contribution >= 0.6 is 0 Å². The molecule has 0 saturated heterocycles. The molecule has 98 valence electrons. The van der Waals surface area contributed by atoms with Crippen LogP contribution in [0.25, 0.3) is 0 Å².